The minimum Gasteiger partial charge on any atom is -0.406 e. The summed E-state index contributed by atoms with van der Waals surface area (Å²) in [5.74, 6) is -0.780. The minimum atomic E-state index is -4.77. The van der Waals surface area contributed by atoms with E-state index < -0.39 is 17.2 Å². The first-order chi connectivity index (χ1) is 18.5. The first-order valence-electron chi connectivity index (χ1n) is 10.7. The molecule has 0 spiro atoms. The lowest BCUT2D eigenvalue weighted by molar-refractivity contribution is -0.384. The zero-order valence-electron chi connectivity index (χ0n) is 19.6. The molecule has 3 rings (SSSR count). The lowest BCUT2D eigenvalue weighted by atomic mass is 10.1. The second-order valence-electron chi connectivity index (χ2n) is 7.38. The fourth-order valence-electron chi connectivity index (χ4n) is 2.81. The summed E-state index contributed by atoms with van der Waals surface area (Å²) in [5, 5.41) is 16.9. The molecule has 0 heterocycles. The maximum atomic E-state index is 12.2. The van der Waals surface area contributed by atoms with Crippen molar-refractivity contribution >= 4 is 53.0 Å². The van der Waals surface area contributed by atoms with Gasteiger partial charge in [0.05, 0.1) is 16.8 Å². The zero-order valence-corrected chi connectivity index (χ0v) is 20.4. The number of hydrogen-bond acceptors (Lipinski definition) is 7. The molecule has 1 amide bonds. The van der Waals surface area contributed by atoms with Gasteiger partial charge in [0.15, 0.2) is 5.11 Å². The Bertz CT molecular complexity index is 1420. The number of hydrogen-bond donors (Lipinski definition) is 3. The maximum Gasteiger partial charge on any atom is 0.573 e. The number of hydrazone groups is 1. The summed E-state index contributed by atoms with van der Waals surface area (Å²) in [5.41, 5.74) is 10.1. The summed E-state index contributed by atoms with van der Waals surface area (Å²) in [4.78, 5) is 30.3. The highest BCUT2D eigenvalue weighted by Gasteiger charge is 2.30. The number of non-ortho nitro benzene ring substituents is 1. The molecule has 3 aromatic rings. The van der Waals surface area contributed by atoms with Crippen molar-refractivity contribution < 1.29 is 27.6 Å². The lowest BCUT2D eigenvalue weighted by Gasteiger charge is -2.08. The van der Waals surface area contributed by atoms with Crippen LogP contribution in [0.2, 0.25) is 0 Å². The molecule has 0 aliphatic rings. The van der Waals surface area contributed by atoms with Gasteiger partial charge in [0.2, 0.25) is 0 Å². The average molecular weight is 558 g/mol. The quantitative estimate of drug-likeness (QED) is 0.123. The molecule has 15 heteroatoms. The molecule has 0 fully saturated rings. The summed E-state index contributed by atoms with van der Waals surface area (Å²) in [6, 6.07) is 16.7. The molecule has 0 aromatic heterocycles. The van der Waals surface area contributed by atoms with E-state index in [1.54, 1.807) is 24.3 Å². The van der Waals surface area contributed by atoms with Crippen LogP contribution in [-0.4, -0.2) is 40.7 Å². The Hall–Kier alpha value is -5.18. The second-order valence-corrected chi connectivity index (χ2v) is 7.79. The van der Waals surface area contributed by atoms with Gasteiger partial charge >= 0.3 is 6.36 Å². The van der Waals surface area contributed by atoms with Crippen LogP contribution in [0, 0.1) is 10.1 Å². The smallest absolute Gasteiger partial charge is 0.406 e. The Morgan fingerprint density at radius 1 is 1.00 bits per heavy atom. The molecule has 0 saturated heterocycles. The number of nitrogens with zero attached hydrogens (tertiary/aromatic N) is 4. The molecular weight excluding hydrogens is 539 g/mol. The number of halogens is 3. The Morgan fingerprint density at radius 3 is 2.21 bits per heavy atom. The lowest BCUT2D eigenvalue weighted by Crippen LogP contribution is -2.36. The fourth-order valence-corrected chi connectivity index (χ4v) is 2.95. The predicted octanol–water partition coefficient (Wildman–Crippen LogP) is 4.20. The molecule has 0 aliphatic carbocycles. The molecule has 11 nitrogen and oxygen atoms in total. The van der Waals surface area contributed by atoms with E-state index >= 15 is 0 Å². The number of aliphatic imine (C=N–C) groups is 2. The van der Waals surface area contributed by atoms with Crippen LogP contribution in [0.3, 0.4) is 0 Å². The number of ether oxygens (including phenoxy) is 1. The van der Waals surface area contributed by atoms with Crippen LogP contribution >= 0.6 is 12.2 Å². The van der Waals surface area contributed by atoms with Crippen molar-refractivity contribution in [2.24, 2.45) is 20.8 Å². The van der Waals surface area contributed by atoms with Crippen LogP contribution in [0.5, 0.6) is 5.75 Å². The highest BCUT2D eigenvalue weighted by Crippen LogP contribution is 2.24. The van der Waals surface area contributed by atoms with Crippen LogP contribution in [0.25, 0.3) is 0 Å². The first-order valence-corrected chi connectivity index (χ1v) is 11.1. The largest absolute Gasteiger partial charge is 0.573 e. The monoisotopic (exact) mass is 557 g/mol. The molecule has 0 bridgehead atoms. The number of carbonyl (C=O) groups excluding carboxylic acids is 1. The van der Waals surface area contributed by atoms with E-state index in [9.17, 15) is 28.1 Å². The highest BCUT2D eigenvalue weighted by atomic mass is 32.1. The standard InChI is InChI=1S/C24H18F3N7O4S/c25-24(26,27)38-20-11-7-18(8-12-20)29-14-30-21(28)16-3-1-15(2-4-16)13-31-33-23(39)32-22(35)17-5-9-19(10-6-17)34(36)37/h1-14H,(H2,28,29,30)(H2,32,33,35,39)/b31-13+. The third-order valence-electron chi connectivity index (χ3n) is 4.63. The van der Waals surface area contributed by atoms with Crippen molar-refractivity contribution in [1.82, 2.24) is 10.7 Å². The van der Waals surface area contributed by atoms with E-state index in [0.717, 1.165) is 12.1 Å². The van der Waals surface area contributed by atoms with Gasteiger partial charge in [-0.1, -0.05) is 24.3 Å². The third kappa shape index (κ3) is 9.32. The van der Waals surface area contributed by atoms with Gasteiger partial charge in [-0.25, -0.2) is 9.98 Å². The van der Waals surface area contributed by atoms with Crippen molar-refractivity contribution in [1.29, 1.82) is 0 Å². The van der Waals surface area contributed by atoms with E-state index in [2.05, 4.69) is 30.6 Å². The summed E-state index contributed by atoms with van der Waals surface area (Å²) in [6.45, 7) is 0. The van der Waals surface area contributed by atoms with Crippen molar-refractivity contribution in [3.63, 3.8) is 0 Å². The van der Waals surface area contributed by atoms with Gasteiger partial charge in [-0.2, -0.15) is 5.10 Å². The van der Waals surface area contributed by atoms with Gasteiger partial charge < -0.3 is 10.5 Å². The Morgan fingerprint density at radius 2 is 1.62 bits per heavy atom. The summed E-state index contributed by atoms with van der Waals surface area (Å²) in [6.07, 6.45) is -2.17. The molecule has 39 heavy (non-hydrogen) atoms. The number of nitrogens with one attached hydrogen (secondary N) is 2. The number of nitro groups is 1. The zero-order chi connectivity index (χ0) is 28.4. The van der Waals surface area contributed by atoms with Gasteiger partial charge in [-0.05, 0) is 54.2 Å². The molecule has 0 unspecified atom stereocenters. The number of rotatable bonds is 8. The fraction of sp³-hybridized carbons (Fsp3) is 0.0417. The molecule has 0 saturated carbocycles. The highest BCUT2D eigenvalue weighted by molar-refractivity contribution is 7.80. The van der Waals surface area contributed by atoms with Crippen molar-refractivity contribution in [3.05, 3.63) is 99.6 Å². The van der Waals surface area contributed by atoms with Gasteiger partial charge in [-0.15, -0.1) is 13.2 Å². The third-order valence-corrected chi connectivity index (χ3v) is 4.82. The van der Waals surface area contributed by atoms with Crippen LogP contribution in [0.4, 0.5) is 24.5 Å². The molecule has 0 aliphatic heterocycles. The number of nitrogens with two attached hydrogens (primary N) is 1. The van der Waals surface area contributed by atoms with Gasteiger partial charge in [0.25, 0.3) is 11.6 Å². The van der Waals surface area contributed by atoms with Gasteiger partial charge in [0, 0.05) is 23.3 Å². The molecule has 200 valence electrons. The van der Waals surface area contributed by atoms with Gasteiger partial charge in [-0.3, -0.25) is 25.7 Å². The van der Waals surface area contributed by atoms with E-state index in [1.165, 1.54) is 49.0 Å². The molecule has 4 N–H and O–H groups in total. The summed E-state index contributed by atoms with van der Waals surface area (Å²) in [7, 11) is 0. The van der Waals surface area contributed by atoms with E-state index in [-0.39, 0.29) is 27.9 Å². The van der Waals surface area contributed by atoms with Gasteiger partial charge in [0.1, 0.15) is 17.9 Å². The summed E-state index contributed by atoms with van der Waals surface area (Å²) < 4.78 is 40.4. The predicted molar refractivity (Wildman–Crippen MR) is 142 cm³/mol. The molecular formula is C24H18F3N7O4S. The number of amides is 1. The van der Waals surface area contributed by atoms with Crippen molar-refractivity contribution in [3.8, 4) is 5.75 Å². The Labute approximate surface area is 224 Å². The van der Waals surface area contributed by atoms with Crippen molar-refractivity contribution in [2.75, 3.05) is 0 Å². The Kier molecular flexibility index (Phi) is 9.37. The number of nitro benzene ring substituents is 1. The van der Waals surface area contributed by atoms with E-state index in [0.29, 0.717) is 16.8 Å². The topological polar surface area (TPSA) is 157 Å². The normalized spacial score (nSPS) is 11.9. The molecule has 0 radical (unpaired) electrons. The molecule has 0 atom stereocenters. The average Bonchev–Trinajstić information content (AvgIpc) is 2.89. The SMILES string of the molecule is NC(=NC=Nc1ccc(OC(F)(F)F)cc1)c1ccc(/C=N/NC(=S)NC(=O)c2ccc([N+](=O)[O-])cc2)cc1. The van der Waals surface area contributed by atoms with Crippen LogP contribution in [-0.2, 0) is 0 Å². The number of benzene rings is 3. The number of alkyl halides is 3. The number of amidine groups is 1. The first kappa shape index (κ1) is 28.4. The van der Waals surface area contributed by atoms with Crippen molar-refractivity contribution in [2.45, 2.75) is 6.36 Å². The molecule has 3 aromatic carbocycles. The van der Waals surface area contributed by atoms with Crippen LogP contribution in [0.1, 0.15) is 21.5 Å². The van der Waals surface area contributed by atoms with E-state index in [4.69, 9.17) is 18.0 Å². The number of carbonyl (C=O) groups is 1. The maximum absolute atomic E-state index is 12.2. The van der Waals surface area contributed by atoms with E-state index in [1.807, 2.05) is 0 Å². The minimum absolute atomic E-state index is 0.0793. The van der Waals surface area contributed by atoms with Crippen LogP contribution in [0.15, 0.2) is 87.9 Å². The Balaban J connectivity index is 1.49. The van der Waals surface area contributed by atoms with Crippen LogP contribution < -0.4 is 21.2 Å². The second kappa shape index (κ2) is 12.9. The number of thiocarbonyl (C=S) groups is 1. The summed E-state index contributed by atoms with van der Waals surface area (Å²) >= 11 is 5.01.